The van der Waals surface area contributed by atoms with Gasteiger partial charge in [-0.15, -0.1) is 0 Å². The molecule has 2 aromatic carbocycles. The van der Waals surface area contributed by atoms with E-state index in [9.17, 15) is 24.4 Å². The van der Waals surface area contributed by atoms with Gasteiger partial charge in [0.25, 0.3) is 5.91 Å². The maximum absolute atomic E-state index is 13.6. The van der Waals surface area contributed by atoms with Crippen molar-refractivity contribution in [2.75, 3.05) is 14.2 Å². The Balaban J connectivity index is 1.78. The molecule has 0 fully saturated rings. The van der Waals surface area contributed by atoms with E-state index in [-0.39, 0.29) is 24.5 Å². The van der Waals surface area contributed by atoms with Crippen molar-refractivity contribution in [2.45, 2.75) is 51.6 Å². The Morgan fingerprint density at radius 1 is 0.814 bits per heavy atom. The zero-order valence-corrected chi connectivity index (χ0v) is 25.0. The molecule has 0 saturated heterocycles. The molecule has 3 amide bonds. The van der Waals surface area contributed by atoms with Crippen LogP contribution in [0.2, 0.25) is 0 Å². The topological polar surface area (TPSA) is 159 Å². The molecular weight excluding hydrogens is 551 g/mol. The molecule has 0 bridgehead atoms. The molecule has 0 aliphatic rings. The smallest absolute Gasteiger partial charge is 0.475 e. The Hall–Kier alpha value is -4.42. The quantitative estimate of drug-likeness (QED) is 0.177. The van der Waals surface area contributed by atoms with Gasteiger partial charge in [0.05, 0.1) is 20.2 Å². The fourth-order valence-corrected chi connectivity index (χ4v) is 4.41. The minimum Gasteiger partial charge on any atom is -0.497 e. The lowest BCUT2D eigenvalue weighted by molar-refractivity contribution is -0.131. The van der Waals surface area contributed by atoms with Crippen molar-refractivity contribution >= 4 is 24.8 Å². The second-order valence-corrected chi connectivity index (χ2v) is 10.6. The largest absolute Gasteiger partial charge is 0.497 e. The van der Waals surface area contributed by atoms with E-state index in [0.717, 1.165) is 16.7 Å². The molecule has 12 heteroatoms. The van der Waals surface area contributed by atoms with Gasteiger partial charge in [-0.3, -0.25) is 19.4 Å². The van der Waals surface area contributed by atoms with Crippen molar-refractivity contribution < 1.29 is 33.9 Å². The van der Waals surface area contributed by atoms with Gasteiger partial charge in [-0.1, -0.05) is 38.1 Å². The van der Waals surface area contributed by atoms with E-state index in [4.69, 9.17) is 9.47 Å². The summed E-state index contributed by atoms with van der Waals surface area (Å²) in [6.07, 6.45) is 1.78. The average molecular weight is 590 g/mol. The molecule has 0 unspecified atom stereocenters. The summed E-state index contributed by atoms with van der Waals surface area (Å²) in [7, 11) is 1.25. The molecule has 0 aliphatic carbocycles. The van der Waals surface area contributed by atoms with Gasteiger partial charge in [0.15, 0.2) is 0 Å². The van der Waals surface area contributed by atoms with Crippen molar-refractivity contribution in [3.8, 4) is 11.5 Å². The number of benzene rings is 2. The molecule has 1 aromatic heterocycles. The number of hydrogen-bond donors (Lipinski definition) is 5. The summed E-state index contributed by atoms with van der Waals surface area (Å²) in [6.45, 7) is 5.34. The molecule has 43 heavy (non-hydrogen) atoms. The molecule has 1 heterocycles. The van der Waals surface area contributed by atoms with Crippen molar-refractivity contribution in [3.05, 3.63) is 89.2 Å². The van der Waals surface area contributed by atoms with Crippen molar-refractivity contribution in [3.63, 3.8) is 0 Å². The first-order valence-electron chi connectivity index (χ1n) is 14.0. The van der Waals surface area contributed by atoms with Crippen LogP contribution in [0.4, 0.5) is 0 Å². The minimum absolute atomic E-state index is 0.131. The number of amides is 3. The second kappa shape index (κ2) is 15.7. The van der Waals surface area contributed by atoms with Gasteiger partial charge in [-0.25, -0.2) is 0 Å². The van der Waals surface area contributed by atoms with Crippen LogP contribution in [0.3, 0.4) is 0 Å². The number of nitrogens with zero attached hydrogens (tertiary/aromatic N) is 1. The summed E-state index contributed by atoms with van der Waals surface area (Å²) < 4.78 is 10.4. The van der Waals surface area contributed by atoms with E-state index in [2.05, 4.69) is 20.9 Å². The number of carbonyl (C=O) groups is 3. The van der Waals surface area contributed by atoms with Gasteiger partial charge in [0.1, 0.15) is 29.3 Å². The molecule has 0 spiro atoms. The van der Waals surface area contributed by atoms with Crippen molar-refractivity contribution in [1.29, 1.82) is 0 Å². The summed E-state index contributed by atoms with van der Waals surface area (Å²) in [5, 5.41) is 28.2. The van der Waals surface area contributed by atoms with Gasteiger partial charge in [-0.2, -0.15) is 0 Å². The summed E-state index contributed by atoms with van der Waals surface area (Å²) in [4.78, 5) is 44.2. The molecule has 0 aliphatic heterocycles. The lowest BCUT2D eigenvalue weighted by Gasteiger charge is -2.27. The van der Waals surface area contributed by atoms with Crippen LogP contribution in [0.5, 0.6) is 11.5 Å². The van der Waals surface area contributed by atoms with Gasteiger partial charge < -0.3 is 35.5 Å². The molecule has 3 atom stereocenters. The van der Waals surface area contributed by atoms with Crippen LogP contribution in [-0.2, 0) is 22.4 Å². The zero-order chi connectivity index (χ0) is 31.5. The number of ether oxygens (including phenoxy) is 2. The summed E-state index contributed by atoms with van der Waals surface area (Å²) >= 11 is 0. The van der Waals surface area contributed by atoms with E-state index < -0.39 is 42.9 Å². The lowest BCUT2D eigenvalue weighted by atomic mass is 9.75. The molecule has 0 saturated carbocycles. The van der Waals surface area contributed by atoms with Crippen LogP contribution in [-0.4, -0.2) is 72.1 Å². The monoisotopic (exact) mass is 590 g/mol. The summed E-state index contributed by atoms with van der Waals surface area (Å²) in [6, 6.07) is 15.4. The standard InChI is InChI=1S/C31H39BN4O7/c1-19(2)28(31(39)35-27(32(40)41)18-22-8-12-24(43-5)13-9-22)36-30(38)26(17-21-6-10-23(42-4)11-7-21)34-29(37)25-16-20(3)14-15-33-25/h6-16,19,26-28,40-41H,17-18H2,1-5H3,(H,34,37)(H,35,39)(H,36,38)/t26-,27-,28-/m0/s1. The summed E-state index contributed by atoms with van der Waals surface area (Å²) in [5.74, 6) is -1.83. The molecule has 11 nitrogen and oxygen atoms in total. The number of rotatable bonds is 14. The third-order valence-corrected chi connectivity index (χ3v) is 6.92. The molecular formula is C31H39BN4O7. The highest BCUT2D eigenvalue weighted by molar-refractivity contribution is 6.43. The van der Waals surface area contributed by atoms with Gasteiger partial charge in [0.2, 0.25) is 11.8 Å². The highest BCUT2D eigenvalue weighted by Crippen LogP contribution is 2.15. The molecule has 3 rings (SSSR count). The first-order valence-corrected chi connectivity index (χ1v) is 14.0. The Labute approximate surface area is 252 Å². The normalized spacial score (nSPS) is 12.9. The van der Waals surface area contributed by atoms with E-state index in [1.165, 1.54) is 6.20 Å². The molecule has 0 radical (unpaired) electrons. The van der Waals surface area contributed by atoms with Crippen LogP contribution in [0, 0.1) is 12.8 Å². The minimum atomic E-state index is -1.85. The lowest BCUT2D eigenvalue weighted by Crippen LogP contribution is -2.59. The number of methoxy groups -OCH3 is 2. The SMILES string of the molecule is COc1ccc(C[C@H](NC(=O)[C@@H](NC(=O)[C@H](Cc2ccc(OC)cc2)NC(=O)c2cc(C)ccn2)C(C)C)B(O)O)cc1. The predicted molar refractivity (Wildman–Crippen MR) is 163 cm³/mol. The maximum atomic E-state index is 13.6. The Bertz CT molecular complexity index is 1370. The second-order valence-electron chi connectivity index (χ2n) is 10.6. The number of aryl methyl sites for hydroxylation is 1. The Morgan fingerprint density at radius 2 is 1.37 bits per heavy atom. The highest BCUT2D eigenvalue weighted by Gasteiger charge is 2.33. The molecule has 228 valence electrons. The van der Waals surface area contributed by atoms with Crippen molar-refractivity contribution in [2.24, 2.45) is 5.92 Å². The fraction of sp³-hybridized carbons (Fsp3) is 0.355. The van der Waals surface area contributed by atoms with Crippen molar-refractivity contribution in [1.82, 2.24) is 20.9 Å². The van der Waals surface area contributed by atoms with Gasteiger partial charge in [-0.05, 0) is 72.4 Å². The summed E-state index contributed by atoms with van der Waals surface area (Å²) in [5.41, 5.74) is 2.50. The first-order chi connectivity index (χ1) is 20.5. The van der Waals surface area contributed by atoms with E-state index >= 15 is 0 Å². The van der Waals surface area contributed by atoms with Crippen LogP contribution >= 0.6 is 0 Å². The Kier molecular flexibility index (Phi) is 12.1. The highest BCUT2D eigenvalue weighted by atomic mass is 16.5. The van der Waals surface area contributed by atoms with Gasteiger partial charge >= 0.3 is 7.12 Å². The molecule has 5 N–H and O–H groups in total. The number of pyridine rings is 1. The fourth-order valence-electron chi connectivity index (χ4n) is 4.41. The van der Waals surface area contributed by atoms with Crippen LogP contribution in [0.15, 0.2) is 66.9 Å². The predicted octanol–water partition coefficient (Wildman–Crippen LogP) is 1.63. The first kappa shape index (κ1) is 33.1. The average Bonchev–Trinajstić information content (AvgIpc) is 2.99. The number of hydrogen-bond acceptors (Lipinski definition) is 8. The van der Waals surface area contributed by atoms with Crippen LogP contribution in [0.25, 0.3) is 0 Å². The Morgan fingerprint density at radius 3 is 1.86 bits per heavy atom. The number of aromatic nitrogens is 1. The third-order valence-electron chi connectivity index (χ3n) is 6.92. The van der Waals surface area contributed by atoms with E-state index in [1.54, 1.807) is 88.7 Å². The van der Waals surface area contributed by atoms with E-state index in [1.807, 2.05) is 6.92 Å². The van der Waals surface area contributed by atoms with Crippen LogP contribution in [0.1, 0.15) is 41.0 Å². The van der Waals surface area contributed by atoms with E-state index in [0.29, 0.717) is 11.5 Å². The zero-order valence-electron chi connectivity index (χ0n) is 25.0. The number of nitrogens with one attached hydrogen (secondary N) is 3. The molecule has 3 aromatic rings. The maximum Gasteiger partial charge on any atom is 0.475 e. The third kappa shape index (κ3) is 9.83. The van der Waals surface area contributed by atoms with Crippen LogP contribution < -0.4 is 25.4 Å². The number of carbonyl (C=O) groups excluding carboxylic acids is 3. The van der Waals surface area contributed by atoms with Gasteiger partial charge in [0, 0.05) is 12.6 Å².